The van der Waals surface area contributed by atoms with Crippen LogP contribution < -0.4 is 9.80 Å². The summed E-state index contributed by atoms with van der Waals surface area (Å²) in [5.74, 6) is 0.900. The van der Waals surface area contributed by atoms with Crippen LogP contribution in [0.15, 0.2) is 175 Å². The van der Waals surface area contributed by atoms with E-state index in [4.69, 9.17) is 0 Å². The Hall–Kier alpha value is -6.46. The highest BCUT2D eigenvalue weighted by molar-refractivity contribution is 7.26. The molecule has 0 aliphatic heterocycles. The molecule has 0 N–H and O–H groups in total. The zero-order valence-corrected chi connectivity index (χ0v) is 36.6. The van der Waals surface area contributed by atoms with Crippen molar-refractivity contribution in [3.8, 4) is 0 Å². The highest BCUT2D eigenvalue weighted by Crippen LogP contribution is 2.51. The average molecular weight is 821 g/mol. The second kappa shape index (κ2) is 13.8. The highest BCUT2D eigenvalue weighted by Gasteiger charge is 2.27. The topological polar surface area (TPSA) is 6.48 Å². The Kier molecular flexibility index (Phi) is 8.23. The first-order valence-electron chi connectivity index (χ1n) is 21.4. The first-order valence-corrected chi connectivity index (χ1v) is 23.0. The van der Waals surface area contributed by atoms with Gasteiger partial charge in [0.15, 0.2) is 0 Å². The van der Waals surface area contributed by atoms with Crippen molar-refractivity contribution in [2.75, 3.05) is 9.80 Å². The van der Waals surface area contributed by atoms with Crippen LogP contribution in [0.25, 0.3) is 72.7 Å². The normalized spacial score (nSPS) is 15.8. The van der Waals surface area contributed by atoms with E-state index in [-0.39, 0.29) is 0 Å². The Labute approximate surface area is 364 Å². The van der Waals surface area contributed by atoms with Gasteiger partial charge in [-0.05, 0) is 120 Å². The van der Waals surface area contributed by atoms with Crippen molar-refractivity contribution >= 4 is 124 Å². The summed E-state index contributed by atoms with van der Waals surface area (Å²) >= 11 is 3.79. The predicted octanol–water partition coefficient (Wildman–Crippen LogP) is 17.7. The number of benzene rings is 9. The molecule has 9 aromatic carbocycles. The fourth-order valence-electron chi connectivity index (χ4n) is 10.0. The van der Waals surface area contributed by atoms with Crippen molar-refractivity contribution in [3.63, 3.8) is 0 Å². The third-order valence-electron chi connectivity index (χ3n) is 13.7. The number of aryl methyl sites for hydroxylation is 2. The van der Waals surface area contributed by atoms with Gasteiger partial charge in [0.05, 0.1) is 32.1 Å². The monoisotopic (exact) mass is 820 g/mol. The minimum Gasteiger partial charge on any atom is -0.309 e. The van der Waals surface area contributed by atoms with Crippen LogP contribution in [0.2, 0.25) is 0 Å². The molecule has 0 saturated heterocycles. The lowest BCUT2D eigenvalue weighted by molar-refractivity contribution is 0.518. The van der Waals surface area contributed by atoms with Crippen LogP contribution in [-0.4, -0.2) is 0 Å². The summed E-state index contributed by atoms with van der Waals surface area (Å²) in [5.41, 5.74) is 11.2. The van der Waals surface area contributed by atoms with Crippen LogP contribution in [0, 0.1) is 25.7 Å². The maximum absolute atomic E-state index is 2.57. The lowest BCUT2D eigenvalue weighted by atomic mass is 9.84. The molecular formula is C57H44N2S2. The zero-order valence-electron chi connectivity index (χ0n) is 35.0. The number of hydrogen-bond donors (Lipinski definition) is 0. The standard InChI is InChI=1S/C57H44N2S2/c1-33-20-25-40(30-34(33)2)58(50-16-10-14-44-42-12-6-8-18-52(42)60-56(44)50)48-28-23-38-22-27-47-49(29-24-39-21-26-46(48)54(38)55(39)47)59(41-31-35(3)37(5)36(4)32-41)51-17-11-15-45-43-13-7-9-19-53(43)61-57(45)51/h6-32,35,37H,1-5H3. The van der Waals surface area contributed by atoms with E-state index in [2.05, 4.69) is 208 Å². The van der Waals surface area contributed by atoms with E-state index in [9.17, 15) is 0 Å². The Morgan fingerprint density at radius 1 is 0.443 bits per heavy atom. The number of allylic oxidation sites excluding steroid dienone is 3. The van der Waals surface area contributed by atoms with Crippen molar-refractivity contribution in [1.29, 1.82) is 0 Å². The Bertz CT molecular complexity index is 3640. The van der Waals surface area contributed by atoms with Gasteiger partial charge in [-0.2, -0.15) is 0 Å². The fraction of sp³-hybridized carbons (Fsp3) is 0.123. The molecule has 11 aromatic rings. The molecule has 1 aliphatic carbocycles. The molecule has 2 atom stereocenters. The molecule has 2 nitrogen and oxygen atoms in total. The summed E-state index contributed by atoms with van der Waals surface area (Å²) in [5, 5.41) is 12.9. The van der Waals surface area contributed by atoms with Gasteiger partial charge in [0, 0.05) is 53.1 Å². The zero-order chi connectivity index (χ0) is 41.1. The van der Waals surface area contributed by atoms with Gasteiger partial charge in [0.25, 0.3) is 0 Å². The van der Waals surface area contributed by atoms with E-state index in [1.54, 1.807) is 0 Å². The third-order valence-corrected chi connectivity index (χ3v) is 16.1. The Balaban J connectivity index is 1.14. The van der Waals surface area contributed by atoms with Gasteiger partial charge in [-0.3, -0.25) is 0 Å². The third kappa shape index (κ3) is 5.52. The van der Waals surface area contributed by atoms with E-state index >= 15 is 0 Å². The molecule has 2 heterocycles. The van der Waals surface area contributed by atoms with Gasteiger partial charge >= 0.3 is 0 Å². The number of fused-ring (bicyclic) bond motifs is 6. The smallest absolute Gasteiger partial charge is 0.0640 e. The highest BCUT2D eigenvalue weighted by atomic mass is 32.1. The molecule has 61 heavy (non-hydrogen) atoms. The van der Waals surface area contributed by atoms with Gasteiger partial charge in [0.1, 0.15) is 0 Å². The molecule has 4 heteroatoms. The molecule has 1 aliphatic rings. The molecule has 0 radical (unpaired) electrons. The lowest BCUT2D eigenvalue weighted by Gasteiger charge is -2.33. The molecule has 0 fully saturated rings. The van der Waals surface area contributed by atoms with Crippen molar-refractivity contribution < 1.29 is 0 Å². The van der Waals surface area contributed by atoms with Crippen LogP contribution in [0.4, 0.5) is 28.4 Å². The number of anilines is 5. The summed E-state index contributed by atoms with van der Waals surface area (Å²) in [6.07, 6.45) is 4.93. The SMILES string of the molecule is CC1=CC(N(c2ccc3ccc4c(N(c5ccc(C)c(C)c5)c5cccc6c5sc5ccccc56)ccc5ccc2c3c54)c2cccc3c2sc2ccccc23)=CC(C)C1C. The summed E-state index contributed by atoms with van der Waals surface area (Å²) in [6.45, 7) is 11.5. The maximum Gasteiger partial charge on any atom is 0.0640 e. The molecule has 12 rings (SSSR count). The molecule has 2 aromatic heterocycles. The van der Waals surface area contributed by atoms with Crippen molar-refractivity contribution in [2.45, 2.75) is 34.6 Å². The Morgan fingerprint density at radius 3 is 1.54 bits per heavy atom. The van der Waals surface area contributed by atoms with E-state index < -0.39 is 0 Å². The van der Waals surface area contributed by atoms with Crippen LogP contribution in [0.1, 0.15) is 31.9 Å². The summed E-state index contributed by atoms with van der Waals surface area (Å²) in [6, 6.07) is 57.2. The van der Waals surface area contributed by atoms with E-state index in [0.717, 1.165) is 0 Å². The van der Waals surface area contributed by atoms with Crippen LogP contribution in [0.5, 0.6) is 0 Å². The van der Waals surface area contributed by atoms with Crippen molar-refractivity contribution in [2.24, 2.45) is 11.8 Å². The molecule has 0 saturated carbocycles. The summed E-state index contributed by atoms with van der Waals surface area (Å²) in [4.78, 5) is 5.09. The van der Waals surface area contributed by atoms with E-state index in [0.29, 0.717) is 11.8 Å². The number of thiophene rings is 2. The van der Waals surface area contributed by atoms with Crippen LogP contribution in [0.3, 0.4) is 0 Å². The van der Waals surface area contributed by atoms with Crippen molar-refractivity contribution in [1.82, 2.24) is 0 Å². The molecule has 294 valence electrons. The van der Waals surface area contributed by atoms with Crippen LogP contribution >= 0.6 is 22.7 Å². The van der Waals surface area contributed by atoms with Gasteiger partial charge in [0.2, 0.25) is 0 Å². The molecule has 0 bridgehead atoms. The molecule has 0 spiro atoms. The molecule has 2 unspecified atom stereocenters. The second-order valence-electron chi connectivity index (χ2n) is 17.2. The largest absolute Gasteiger partial charge is 0.309 e. The van der Waals surface area contributed by atoms with Gasteiger partial charge in [-0.1, -0.05) is 129 Å². The van der Waals surface area contributed by atoms with Gasteiger partial charge < -0.3 is 9.80 Å². The Morgan fingerprint density at radius 2 is 0.967 bits per heavy atom. The fourth-order valence-corrected chi connectivity index (χ4v) is 12.5. The quantitative estimate of drug-likeness (QED) is 0.154. The first-order chi connectivity index (χ1) is 29.8. The second-order valence-corrected chi connectivity index (χ2v) is 19.3. The van der Waals surface area contributed by atoms with Gasteiger partial charge in [-0.15, -0.1) is 22.7 Å². The molecular weight excluding hydrogens is 777 g/mol. The summed E-state index contributed by atoms with van der Waals surface area (Å²) in [7, 11) is 0. The number of nitrogens with zero attached hydrogens (tertiary/aromatic N) is 2. The molecule has 0 amide bonds. The van der Waals surface area contributed by atoms with E-state index in [1.807, 2.05) is 22.7 Å². The lowest BCUT2D eigenvalue weighted by Crippen LogP contribution is -2.22. The maximum atomic E-state index is 2.57. The van der Waals surface area contributed by atoms with Crippen molar-refractivity contribution in [3.05, 3.63) is 186 Å². The predicted molar refractivity (Wildman–Crippen MR) is 269 cm³/mol. The van der Waals surface area contributed by atoms with Crippen LogP contribution in [-0.2, 0) is 0 Å². The van der Waals surface area contributed by atoms with E-state index in [1.165, 1.54) is 123 Å². The minimum absolute atomic E-state index is 0.410. The minimum atomic E-state index is 0.410. The van der Waals surface area contributed by atoms with Gasteiger partial charge in [-0.25, -0.2) is 0 Å². The average Bonchev–Trinajstić information content (AvgIpc) is 3.86. The first kappa shape index (κ1) is 36.4. The number of rotatable bonds is 6. The summed E-state index contributed by atoms with van der Waals surface area (Å²) < 4.78 is 5.24. The number of hydrogen-bond acceptors (Lipinski definition) is 4.